The zero-order chi connectivity index (χ0) is 15.1. The van der Waals surface area contributed by atoms with Gasteiger partial charge in [-0.2, -0.15) is 4.31 Å². The summed E-state index contributed by atoms with van der Waals surface area (Å²) in [6, 6.07) is 5.01. The molecule has 1 aliphatic heterocycles. The van der Waals surface area contributed by atoms with Crippen molar-refractivity contribution >= 4 is 27.2 Å². The molecule has 0 unspecified atom stereocenters. The molecule has 0 aromatic heterocycles. The minimum Gasteiger partial charge on any atom is -0.389 e. The van der Waals surface area contributed by atoms with Crippen LogP contribution in [0.4, 0.5) is 0 Å². The minimum absolute atomic E-state index is 0.276. The van der Waals surface area contributed by atoms with Crippen molar-refractivity contribution in [2.75, 3.05) is 6.54 Å². The molecule has 1 aromatic rings. The molecule has 0 radical (unpaired) electrons. The highest BCUT2D eigenvalue weighted by Crippen LogP contribution is 2.34. The average Bonchev–Trinajstić information content (AvgIpc) is 2.69. The van der Waals surface area contributed by atoms with Crippen LogP contribution in [0, 0.1) is 6.92 Å². The summed E-state index contributed by atoms with van der Waals surface area (Å²) in [4.78, 5) is 0.617. The summed E-state index contributed by atoms with van der Waals surface area (Å²) in [5.74, 6) is 0. The van der Waals surface area contributed by atoms with Crippen LogP contribution in [-0.2, 0) is 10.0 Å². The molecule has 2 rings (SSSR count). The van der Waals surface area contributed by atoms with Gasteiger partial charge in [-0.25, -0.2) is 8.42 Å². The lowest BCUT2D eigenvalue weighted by molar-refractivity contribution is 0.291. The lowest BCUT2D eigenvalue weighted by Crippen LogP contribution is -2.42. The summed E-state index contributed by atoms with van der Waals surface area (Å²) < 4.78 is 27.2. The van der Waals surface area contributed by atoms with E-state index in [2.05, 4.69) is 0 Å². The van der Waals surface area contributed by atoms with Crippen LogP contribution in [0.25, 0.3) is 0 Å². The Morgan fingerprint density at radius 2 is 2.05 bits per heavy atom. The third kappa shape index (κ3) is 2.60. The standard InChI is InChI=1S/C14H20N2O2S2/c1-10-9-11(13(15)19)5-6-12(10)20(17,18)16-8-4-7-14(16,2)3/h5-6,9H,4,7-8H2,1-3H3,(H2,15,19). The van der Waals surface area contributed by atoms with E-state index in [1.165, 1.54) is 0 Å². The number of nitrogens with two attached hydrogens (primary N) is 1. The second-order valence-corrected chi connectivity index (χ2v) is 8.11. The molecule has 0 atom stereocenters. The first-order valence-corrected chi connectivity index (χ1v) is 8.44. The van der Waals surface area contributed by atoms with E-state index in [9.17, 15) is 8.42 Å². The minimum atomic E-state index is -3.47. The van der Waals surface area contributed by atoms with Gasteiger partial charge in [0.05, 0.1) is 4.90 Å². The summed E-state index contributed by atoms with van der Waals surface area (Å²) in [7, 11) is -3.47. The van der Waals surface area contributed by atoms with Crippen LogP contribution in [0.5, 0.6) is 0 Å². The van der Waals surface area contributed by atoms with Crippen molar-refractivity contribution in [3.05, 3.63) is 29.3 Å². The van der Waals surface area contributed by atoms with Gasteiger partial charge in [0.25, 0.3) is 0 Å². The lowest BCUT2D eigenvalue weighted by Gasteiger charge is -2.31. The van der Waals surface area contributed by atoms with Crippen LogP contribution < -0.4 is 5.73 Å². The largest absolute Gasteiger partial charge is 0.389 e. The van der Waals surface area contributed by atoms with E-state index in [1.54, 1.807) is 29.4 Å². The van der Waals surface area contributed by atoms with E-state index in [0.717, 1.165) is 12.8 Å². The predicted molar refractivity (Wildman–Crippen MR) is 84.3 cm³/mol. The Hall–Kier alpha value is -0.980. The number of aryl methyl sites for hydroxylation is 1. The van der Waals surface area contributed by atoms with Gasteiger partial charge in [0.15, 0.2) is 0 Å². The Bertz CT molecular complexity index is 651. The first-order chi connectivity index (χ1) is 9.16. The molecule has 4 nitrogen and oxygen atoms in total. The third-order valence-electron chi connectivity index (χ3n) is 3.85. The molecule has 1 fully saturated rings. The number of sulfonamides is 1. The quantitative estimate of drug-likeness (QED) is 0.869. The molecule has 2 N–H and O–H groups in total. The fraction of sp³-hybridized carbons (Fsp3) is 0.500. The molecule has 1 aliphatic rings. The number of thiocarbonyl (C=S) groups is 1. The Balaban J connectivity index is 2.48. The molecule has 1 aromatic carbocycles. The molecule has 1 heterocycles. The summed E-state index contributed by atoms with van der Waals surface area (Å²) in [5, 5.41) is 0. The van der Waals surface area contributed by atoms with Crippen molar-refractivity contribution in [1.82, 2.24) is 4.31 Å². The lowest BCUT2D eigenvalue weighted by atomic mass is 10.0. The van der Waals surface area contributed by atoms with Crippen molar-refractivity contribution in [2.24, 2.45) is 5.73 Å². The summed E-state index contributed by atoms with van der Waals surface area (Å²) in [6.07, 6.45) is 1.78. The maximum atomic E-state index is 12.8. The highest BCUT2D eigenvalue weighted by molar-refractivity contribution is 7.89. The van der Waals surface area contributed by atoms with Gasteiger partial charge in [0.1, 0.15) is 4.99 Å². The molecule has 1 saturated heterocycles. The molecular weight excluding hydrogens is 292 g/mol. The molecule has 0 aliphatic carbocycles. The third-order valence-corrected chi connectivity index (χ3v) is 6.36. The van der Waals surface area contributed by atoms with Crippen molar-refractivity contribution < 1.29 is 8.42 Å². The predicted octanol–water partition coefficient (Wildman–Crippen LogP) is 2.19. The van der Waals surface area contributed by atoms with Crippen LogP contribution in [0.3, 0.4) is 0 Å². The Kier molecular flexibility index (Phi) is 3.92. The maximum Gasteiger partial charge on any atom is 0.243 e. The molecule has 0 saturated carbocycles. The number of hydrogen-bond acceptors (Lipinski definition) is 3. The molecule has 110 valence electrons. The SMILES string of the molecule is Cc1cc(C(N)=S)ccc1S(=O)(=O)N1CCCC1(C)C. The zero-order valence-electron chi connectivity index (χ0n) is 12.0. The maximum absolute atomic E-state index is 12.8. The van der Waals surface area contributed by atoms with E-state index < -0.39 is 10.0 Å². The van der Waals surface area contributed by atoms with Gasteiger partial charge in [-0.3, -0.25) is 0 Å². The smallest absolute Gasteiger partial charge is 0.243 e. The van der Waals surface area contributed by atoms with Gasteiger partial charge in [-0.15, -0.1) is 0 Å². The Labute approximate surface area is 126 Å². The highest BCUT2D eigenvalue weighted by atomic mass is 32.2. The molecule has 6 heteroatoms. The van der Waals surface area contributed by atoms with E-state index >= 15 is 0 Å². The van der Waals surface area contributed by atoms with E-state index in [1.807, 2.05) is 13.8 Å². The fourth-order valence-corrected chi connectivity index (χ4v) is 4.92. The van der Waals surface area contributed by atoms with Gasteiger partial charge >= 0.3 is 0 Å². The zero-order valence-corrected chi connectivity index (χ0v) is 13.6. The number of hydrogen-bond donors (Lipinski definition) is 1. The second-order valence-electron chi connectivity index (χ2n) is 5.84. The molecule has 20 heavy (non-hydrogen) atoms. The van der Waals surface area contributed by atoms with Crippen molar-refractivity contribution in [3.63, 3.8) is 0 Å². The number of benzene rings is 1. The van der Waals surface area contributed by atoms with Crippen LogP contribution in [0.2, 0.25) is 0 Å². The van der Waals surface area contributed by atoms with Crippen molar-refractivity contribution in [2.45, 2.75) is 44.0 Å². The Morgan fingerprint density at radius 1 is 1.40 bits per heavy atom. The van der Waals surface area contributed by atoms with Crippen LogP contribution in [0.1, 0.15) is 37.8 Å². The molecule has 0 bridgehead atoms. The molecule has 0 amide bonds. The monoisotopic (exact) mass is 312 g/mol. The van der Waals surface area contributed by atoms with E-state index in [-0.39, 0.29) is 10.5 Å². The van der Waals surface area contributed by atoms with E-state index in [4.69, 9.17) is 18.0 Å². The van der Waals surface area contributed by atoms with E-state index in [0.29, 0.717) is 22.6 Å². The fourth-order valence-electron chi connectivity index (χ4n) is 2.74. The van der Waals surface area contributed by atoms with Gasteiger partial charge in [-0.1, -0.05) is 18.3 Å². The highest BCUT2D eigenvalue weighted by Gasteiger charge is 2.41. The van der Waals surface area contributed by atoms with Crippen LogP contribution >= 0.6 is 12.2 Å². The first-order valence-electron chi connectivity index (χ1n) is 6.59. The topological polar surface area (TPSA) is 63.4 Å². The van der Waals surface area contributed by atoms with Gasteiger partial charge in [0, 0.05) is 17.6 Å². The summed E-state index contributed by atoms with van der Waals surface area (Å²) in [5.41, 5.74) is 6.62. The average molecular weight is 312 g/mol. The van der Waals surface area contributed by atoms with Gasteiger partial charge in [-0.05, 0) is 51.3 Å². The molecule has 0 spiro atoms. The number of nitrogens with zero attached hydrogens (tertiary/aromatic N) is 1. The summed E-state index contributed by atoms with van der Waals surface area (Å²) >= 11 is 4.92. The van der Waals surface area contributed by atoms with Gasteiger partial charge < -0.3 is 5.73 Å². The second kappa shape index (κ2) is 5.09. The van der Waals surface area contributed by atoms with Gasteiger partial charge in [0.2, 0.25) is 10.0 Å². The van der Waals surface area contributed by atoms with Crippen molar-refractivity contribution in [1.29, 1.82) is 0 Å². The number of rotatable bonds is 3. The normalized spacial score (nSPS) is 19.1. The van der Waals surface area contributed by atoms with Crippen LogP contribution in [0.15, 0.2) is 23.1 Å². The first kappa shape index (κ1) is 15.4. The Morgan fingerprint density at radius 3 is 2.50 bits per heavy atom. The van der Waals surface area contributed by atoms with Crippen molar-refractivity contribution in [3.8, 4) is 0 Å². The molecular formula is C14H20N2O2S2. The van der Waals surface area contributed by atoms with Crippen LogP contribution in [-0.4, -0.2) is 29.8 Å². The summed E-state index contributed by atoms with van der Waals surface area (Å²) in [6.45, 7) is 6.29.